The van der Waals surface area contributed by atoms with Crippen LogP contribution in [0.25, 0.3) is 0 Å². The van der Waals surface area contributed by atoms with Crippen molar-refractivity contribution in [2.24, 2.45) is 5.16 Å². The van der Waals surface area contributed by atoms with Gasteiger partial charge in [-0.1, -0.05) is 61.5 Å². The number of rotatable bonds is 7. The topological polar surface area (TPSA) is 50.7 Å². The van der Waals surface area contributed by atoms with Gasteiger partial charge in [-0.05, 0) is 42.0 Å². The highest BCUT2D eigenvalue weighted by Crippen LogP contribution is 2.20. The summed E-state index contributed by atoms with van der Waals surface area (Å²) in [5.74, 6) is -0.211. The van der Waals surface area contributed by atoms with Gasteiger partial charge in [-0.15, -0.1) is 0 Å². The van der Waals surface area contributed by atoms with Gasteiger partial charge in [-0.2, -0.15) is 0 Å². The molecule has 0 unspecified atom stereocenters. The van der Waals surface area contributed by atoms with E-state index in [-0.39, 0.29) is 12.5 Å². The van der Waals surface area contributed by atoms with E-state index in [0.29, 0.717) is 0 Å². The molecular formula is C20H24N2O2. The zero-order chi connectivity index (χ0) is 17.4. The van der Waals surface area contributed by atoms with Crippen molar-refractivity contribution in [2.75, 3.05) is 11.9 Å². The maximum atomic E-state index is 12.0. The Bertz CT molecular complexity index is 706. The first-order valence-electron chi connectivity index (χ1n) is 8.26. The highest BCUT2D eigenvalue weighted by molar-refractivity contribution is 5.93. The predicted molar refractivity (Wildman–Crippen MR) is 98.6 cm³/mol. The molecule has 0 aliphatic carbocycles. The van der Waals surface area contributed by atoms with Crippen LogP contribution in [0.5, 0.6) is 0 Å². The van der Waals surface area contributed by atoms with E-state index in [1.54, 1.807) is 6.21 Å². The molecule has 0 spiro atoms. The van der Waals surface area contributed by atoms with Crippen LogP contribution in [0.3, 0.4) is 0 Å². The van der Waals surface area contributed by atoms with Crippen molar-refractivity contribution in [1.29, 1.82) is 0 Å². The van der Waals surface area contributed by atoms with E-state index in [9.17, 15) is 4.79 Å². The standard InChI is InChI=1S/C20H24N2O2/c1-4-16-9-11-17(12-10-16)13-21-24-14-19(23)22-20-15(3)7-6-8-18(20)5-2/h6-13H,4-5,14H2,1-3H3,(H,22,23)/b21-13-. The quantitative estimate of drug-likeness (QED) is 0.615. The van der Waals surface area contributed by atoms with Gasteiger partial charge in [0.2, 0.25) is 0 Å². The molecule has 2 rings (SSSR count). The van der Waals surface area contributed by atoms with Crippen molar-refractivity contribution in [1.82, 2.24) is 0 Å². The lowest BCUT2D eigenvalue weighted by Crippen LogP contribution is -2.18. The molecule has 0 aliphatic rings. The van der Waals surface area contributed by atoms with Crippen LogP contribution in [0, 0.1) is 6.92 Å². The van der Waals surface area contributed by atoms with Gasteiger partial charge in [0.15, 0.2) is 6.61 Å². The number of anilines is 1. The van der Waals surface area contributed by atoms with E-state index < -0.39 is 0 Å². The second-order valence-electron chi connectivity index (χ2n) is 5.61. The fourth-order valence-electron chi connectivity index (χ4n) is 2.41. The third-order valence-electron chi connectivity index (χ3n) is 3.86. The first-order chi connectivity index (χ1) is 11.6. The Labute approximate surface area is 143 Å². The third kappa shape index (κ3) is 4.95. The molecule has 0 radical (unpaired) electrons. The highest BCUT2D eigenvalue weighted by Gasteiger charge is 2.08. The number of aryl methyl sites for hydroxylation is 3. The summed E-state index contributed by atoms with van der Waals surface area (Å²) in [6.07, 6.45) is 3.48. The molecule has 0 heterocycles. The van der Waals surface area contributed by atoms with Gasteiger partial charge >= 0.3 is 0 Å². The Morgan fingerprint density at radius 3 is 2.54 bits per heavy atom. The number of hydrogen-bond acceptors (Lipinski definition) is 3. The van der Waals surface area contributed by atoms with Crippen molar-refractivity contribution in [2.45, 2.75) is 33.6 Å². The molecule has 0 saturated heterocycles. The van der Waals surface area contributed by atoms with Crippen LogP contribution < -0.4 is 5.32 Å². The van der Waals surface area contributed by atoms with Crippen molar-refractivity contribution in [3.8, 4) is 0 Å². The van der Waals surface area contributed by atoms with Crippen LogP contribution in [0.1, 0.15) is 36.1 Å². The molecule has 24 heavy (non-hydrogen) atoms. The van der Waals surface area contributed by atoms with Crippen LogP contribution in [-0.2, 0) is 22.5 Å². The molecule has 0 saturated carbocycles. The fraction of sp³-hybridized carbons (Fsp3) is 0.300. The Balaban J connectivity index is 1.86. The summed E-state index contributed by atoms with van der Waals surface area (Å²) in [6, 6.07) is 14.1. The SMILES string of the molecule is CCc1ccc(/C=N\OCC(=O)Nc2c(C)cccc2CC)cc1. The van der Waals surface area contributed by atoms with Crippen LogP contribution in [0.2, 0.25) is 0 Å². The molecular weight excluding hydrogens is 300 g/mol. The Hall–Kier alpha value is -2.62. The smallest absolute Gasteiger partial charge is 0.265 e. The number of amides is 1. The highest BCUT2D eigenvalue weighted by atomic mass is 16.6. The lowest BCUT2D eigenvalue weighted by atomic mass is 10.1. The van der Waals surface area contributed by atoms with E-state index in [4.69, 9.17) is 4.84 Å². The van der Waals surface area contributed by atoms with Crippen LogP contribution in [0.4, 0.5) is 5.69 Å². The van der Waals surface area contributed by atoms with Crippen molar-refractivity contribution >= 4 is 17.8 Å². The molecule has 4 nitrogen and oxygen atoms in total. The number of para-hydroxylation sites is 1. The lowest BCUT2D eigenvalue weighted by Gasteiger charge is -2.12. The summed E-state index contributed by atoms with van der Waals surface area (Å²) in [7, 11) is 0. The minimum absolute atomic E-state index is 0.110. The summed E-state index contributed by atoms with van der Waals surface area (Å²) in [6.45, 7) is 6.05. The molecule has 0 fully saturated rings. The van der Waals surface area contributed by atoms with E-state index in [0.717, 1.165) is 35.2 Å². The van der Waals surface area contributed by atoms with E-state index in [2.05, 4.69) is 36.5 Å². The van der Waals surface area contributed by atoms with Crippen molar-refractivity contribution in [3.05, 3.63) is 64.7 Å². The normalized spacial score (nSPS) is 10.8. The first kappa shape index (κ1) is 17.7. The van der Waals surface area contributed by atoms with Crippen molar-refractivity contribution < 1.29 is 9.63 Å². The van der Waals surface area contributed by atoms with E-state index >= 15 is 0 Å². The minimum Gasteiger partial charge on any atom is -0.386 e. The van der Waals surface area contributed by atoms with E-state index in [1.165, 1.54) is 5.56 Å². The first-order valence-corrected chi connectivity index (χ1v) is 8.26. The Morgan fingerprint density at radius 1 is 1.12 bits per heavy atom. The Kier molecular flexibility index (Phi) is 6.55. The molecule has 1 N–H and O–H groups in total. The van der Waals surface area contributed by atoms with Gasteiger partial charge < -0.3 is 10.2 Å². The molecule has 4 heteroatoms. The zero-order valence-electron chi connectivity index (χ0n) is 14.5. The Morgan fingerprint density at radius 2 is 1.88 bits per heavy atom. The average Bonchev–Trinajstić information content (AvgIpc) is 2.61. The summed E-state index contributed by atoms with van der Waals surface area (Å²) < 4.78 is 0. The lowest BCUT2D eigenvalue weighted by molar-refractivity contribution is -0.120. The molecule has 1 amide bonds. The molecule has 0 atom stereocenters. The number of carbonyl (C=O) groups excluding carboxylic acids is 1. The molecule has 2 aromatic rings. The summed E-state index contributed by atoms with van der Waals surface area (Å²) in [5.41, 5.74) is 5.25. The second kappa shape index (κ2) is 8.87. The molecule has 0 aliphatic heterocycles. The summed E-state index contributed by atoms with van der Waals surface area (Å²) in [4.78, 5) is 17.1. The monoisotopic (exact) mass is 324 g/mol. The number of hydrogen-bond donors (Lipinski definition) is 1. The summed E-state index contributed by atoms with van der Waals surface area (Å²) in [5, 5.41) is 6.76. The largest absolute Gasteiger partial charge is 0.386 e. The average molecular weight is 324 g/mol. The van der Waals surface area contributed by atoms with Crippen molar-refractivity contribution in [3.63, 3.8) is 0 Å². The maximum Gasteiger partial charge on any atom is 0.265 e. The molecule has 2 aromatic carbocycles. The number of benzene rings is 2. The zero-order valence-corrected chi connectivity index (χ0v) is 14.5. The number of nitrogens with zero attached hydrogens (tertiary/aromatic N) is 1. The number of carbonyl (C=O) groups is 1. The fourth-order valence-corrected chi connectivity index (χ4v) is 2.41. The molecule has 0 aromatic heterocycles. The van der Waals surface area contributed by atoms with Gasteiger partial charge in [0, 0.05) is 5.69 Å². The van der Waals surface area contributed by atoms with Crippen LogP contribution >= 0.6 is 0 Å². The van der Waals surface area contributed by atoms with Crippen LogP contribution in [-0.4, -0.2) is 18.7 Å². The minimum atomic E-state index is -0.211. The number of oxime groups is 1. The van der Waals surface area contributed by atoms with Gasteiger partial charge in [0.1, 0.15) is 0 Å². The third-order valence-corrected chi connectivity index (χ3v) is 3.86. The van der Waals surface area contributed by atoms with Gasteiger partial charge in [-0.3, -0.25) is 4.79 Å². The molecule has 126 valence electrons. The van der Waals surface area contributed by atoms with Gasteiger partial charge in [0.25, 0.3) is 5.91 Å². The predicted octanol–water partition coefficient (Wildman–Crippen LogP) is 4.11. The van der Waals surface area contributed by atoms with Crippen LogP contribution in [0.15, 0.2) is 47.6 Å². The van der Waals surface area contributed by atoms with Gasteiger partial charge in [0.05, 0.1) is 6.21 Å². The van der Waals surface area contributed by atoms with Gasteiger partial charge in [-0.25, -0.2) is 0 Å². The maximum absolute atomic E-state index is 12.0. The second-order valence-corrected chi connectivity index (χ2v) is 5.61. The number of nitrogens with one attached hydrogen (secondary N) is 1. The summed E-state index contributed by atoms with van der Waals surface area (Å²) >= 11 is 0. The van der Waals surface area contributed by atoms with E-state index in [1.807, 2.05) is 37.3 Å². The molecule has 0 bridgehead atoms.